The first-order valence-corrected chi connectivity index (χ1v) is 24.9. The summed E-state index contributed by atoms with van der Waals surface area (Å²) in [6.07, 6.45) is 1.10. The SMILES string of the molecule is CCC[C@H](NC(=O)[C@@H](NC(=O)[C@H](NC(=O)[C@@H](NC(=O)CNC(=O)CN(C)C(C)=O)C(C)C)[C@@H](C)CC)[C@@H](C)O)C(=O)N[C@H](C(=O)N[C@@H](CCCN=C(N)N)C(=O)N1CCC[C@H]1C(=O)NCCOC)[C@@H](C)CC. The van der Waals surface area contributed by atoms with Crippen LogP contribution in [-0.2, 0) is 52.7 Å². The van der Waals surface area contributed by atoms with Gasteiger partial charge in [0, 0.05) is 40.7 Å². The number of methoxy groups -OCH3 is 1. The fourth-order valence-electron chi connectivity index (χ4n) is 7.61. The first kappa shape index (κ1) is 63.9. The lowest BCUT2D eigenvalue weighted by atomic mass is 9.95. The van der Waals surface area contributed by atoms with Gasteiger partial charge in [0.05, 0.1) is 25.8 Å². The predicted octanol–water partition coefficient (Wildman–Crippen LogP) is -2.77. The third-order valence-corrected chi connectivity index (χ3v) is 12.5. The van der Waals surface area contributed by atoms with Gasteiger partial charge in [-0.3, -0.25) is 52.9 Å². The predicted molar refractivity (Wildman–Crippen MR) is 268 cm³/mol. The van der Waals surface area contributed by atoms with Gasteiger partial charge >= 0.3 is 0 Å². The van der Waals surface area contributed by atoms with Crippen LogP contribution in [0.4, 0.5) is 0 Å². The summed E-state index contributed by atoms with van der Waals surface area (Å²) >= 11 is 0. The molecule has 10 atom stereocenters. The van der Waals surface area contributed by atoms with Crippen LogP contribution in [0.5, 0.6) is 0 Å². The number of hydrogen-bond donors (Lipinski definition) is 11. The molecule has 0 bridgehead atoms. The molecule has 410 valence electrons. The third-order valence-electron chi connectivity index (χ3n) is 12.5. The van der Waals surface area contributed by atoms with Crippen molar-refractivity contribution >= 4 is 65.0 Å². The molecule has 0 aromatic carbocycles. The Morgan fingerprint density at radius 1 is 0.722 bits per heavy atom. The number of likely N-dealkylation sites (tertiary alicyclic amines) is 1. The van der Waals surface area contributed by atoms with Crippen molar-refractivity contribution in [1.29, 1.82) is 0 Å². The van der Waals surface area contributed by atoms with Crippen LogP contribution in [0.25, 0.3) is 0 Å². The van der Waals surface area contributed by atoms with Crippen LogP contribution < -0.4 is 54.0 Å². The standard InChI is InChI=1S/C47H85N13O12/c1-12-17-31(40(65)56-37(27(6)13-2)43(68)54-32(18-15-20-51-47(48)49)46(71)60-22-16-19-33(60)41(66)50-21-23-72-11)53-45(70)39(29(8)61)58-44(69)38(28(7)14-3)57-42(67)36(26(4)5)55-34(63)24-52-35(64)25-59(10)30(9)62/h26-29,31-33,36-39,61H,12-25H2,1-11H3,(H,50,66)(H,52,64)(H,53,70)(H,54,68)(H,55,63)(H,56,65)(H,57,67)(H,58,69)(H4,48,49,51)/t27-,28-,29+,31-,32-,33-,36-,37-,38+,39-/m0/s1. The molecule has 13 N–H and O–H groups in total. The molecule has 1 aliphatic rings. The summed E-state index contributed by atoms with van der Waals surface area (Å²) in [5.74, 6) is -8.10. The van der Waals surface area contributed by atoms with Gasteiger partial charge in [0.15, 0.2) is 5.96 Å². The number of carbonyl (C=O) groups excluding carboxylic acids is 10. The summed E-state index contributed by atoms with van der Waals surface area (Å²) < 4.78 is 5.03. The Kier molecular flexibility index (Phi) is 29.1. The van der Waals surface area contributed by atoms with Crippen molar-refractivity contribution in [3.8, 4) is 0 Å². The van der Waals surface area contributed by atoms with E-state index >= 15 is 0 Å². The minimum atomic E-state index is -1.63. The van der Waals surface area contributed by atoms with Crippen molar-refractivity contribution in [2.75, 3.05) is 53.5 Å². The number of aliphatic hydroxyl groups excluding tert-OH is 1. The molecule has 1 saturated heterocycles. The van der Waals surface area contributed by atoms with Gasteiger partial charge in [0.1, 0.15) is 42.3 Å². The molecule has 0 unspecified atom stereocenters. The van der Waals surface area contributed by atoms with Crippen LogP contribution in [-0.4, -0.2) is 182 Å². The van der Waals surface area contributed by atoms with E-state index in [-0.39, 0.29) is 69.8 Å². The lowest BCUT2D eigenvalue weighted by Gasteiger charge is -2.32. The number of amides is 10. The van der Waals surface area contributed by atoms with E-state index in [1.165, 1.54) is 32.9 Å². The maximum Gasteiger partial charge on any atom is 0.245 e. The average molecular weight is 1020 g/mol. The van der Waals surface area contributed by atoms with Gasteiger partial charge in [0.25, 0.3) is 0 Å². The van der Waals surface area contributed by atoms with E-state index in [1.807, 2.05) is 6.92 Å². The number of guanidine groups is 1. The van der Waals surface area contributed by atoms with E-state index in [2.05, 4.69) is 47.5 Å². The molecule has 0 aliphatic carbocycles. The highest BCUT2D eigenvalue weighted by Crippen LogP contribution is 2.21. The molecule has 72 heavy (non-hydrogen) atoms. The van der Waals surface area contributed by atoms with Gasteiger partial charge in [0.2, 0.25) is 59.1 Å². The van der Waals surface area contributed by atoms with Crippen molar-refractivity contribution < 1.29 is 57.8 Å². The topological polar surface area (TPSA) is 367 Å². The minimum Gasteiger partial charge on any atom is -0.391 e. The Morgan fingerprint density at radius 3 is 1.79 bits per heavy atom. The molecule has 10 amide bonds. The lowest BCUT2D eigenvalue weighted by molar-refractivity contribution is -0.142. The van der Waals surface area contributed by atoms with E-state index in [9.17, 15) is 53.1 Å². The van der Waals surface area contributed by atoms with Gasteiger partial charge in [-0.25, -0.2) is 0 Å². The highest BCUT2D eigenvalue weighted by Gasteiger charge is 2.40. The molecule has 0 radical (unpaired) electrons. The second kappa shape index (κ2) is 32.8. The zero-order valence-electron chi connectivity index (χ0n) is 44.2. The van der Waals surface area contributed by atoms with Crippen LogP contribution >= 0.6 is 0 Å². The first-order chi connectivity index (χ1) is 33.8. The van der Waals surface area contributed by atoms with Crippen LogP contribution in [0.15, 0.2) is 4.99 Å². The molecule has 25 nitrogen and oxygen atoms in total. The highest BCUT2D eigenvalue weighted by atomic mass is 16.5. The third kappa shape index (κ3) is 21.7. The Labute approximate surface area is 424 Å². The molecule has 0 aromatic rings. The van der Waals surface area contributed by atoms with Crippen molar-refractivity contribution in [1.82, 2.24) is 52.3 Å². The number of likely N-dealkylation sites (N-methyl/N-ethyl adjacent to an activating group) is 1. The van der Waals surface area contributed by atoms with E-state index in [0.717, 1.165) is 4.90 Å². The fourth-order valence-corrected chi connectivity index (χ4v) is 7.61. The summed E-state index contributed by atoms with van der Waals surface area (Å²) in [5, 5.41) is 31.9. The number of carbonyl (C=O) groups is 10. The van der Waals surface area contributed by atoms with Crippen molar-refractivity contribution in [2.45, 2.75) is 162 Å². The molecular formula is C47H85N13O12. The molecule has 0 aromatic heterocycles. The number of aliphatic hydroxyl groups is 1. The minimum absolute atomic E-state index is 0.0780. The molecule has 1 rings (SSSR count). The summed E-state index contributed by atoms with van der Waals surface area (Å²) in [7, 11) is 2.92. The number of nitrogens with one attached hydrogen (secondary N) is 8. The molecule has 0 spiro atoms. The lowest BCUT2D eigenvalue weighted by Crippen LogP contribution is -2.63. The molecule has 1 fully saturated rings. The number of rotatable bonds is 32. The molecular weight excluding hydrogens is 939 g/mol. The van der Waals surface area contributed by atoms with Gasteiger partial charge < -0.3 is 73.6 Å². The Morgan fingerprint density at radius 2 is 1.26 bits per heavy atom. The largest absolute Gasteiger partial charge is 0.391 e. The highest BCUT2D eigenvalue weighted by molar-refractivity contribution is 5.98. The summed E-state index contributed by atoms with van der Waals surface area (Å²) in [6, 6.07) is -8.43. The fraction of sp³-hybridized carbons (Fsp3) is 0.766. The number of nitrogens with two attached hydrogens (primary N) is 2. The van der Waals surface area contributed by atoms with Crippen LogP contribution in [0.1, 0.15) is 114 Å². The smallest absolute Gasteiger partial charge is 0.245 e. The first-order valence-electron chi connectivity index (χ1n) is 24.9. The summed E-state index contributed by atoms with van der Waals surface area (Å²) in [5.41, 5.74) is 11.0. The Bertz CT molecular complexity index is 1860. The Balaban J connectivity index is 3.31. The quantitative estimate of drug-likeness (QED) is 0.0185. The zero-order chi connectivity index (χ0) is 54.8. The van der Waals surface area contributed by atoms with E-state index in [4.69, 9.17) is 16.2 Å². The van der Waals surface area contributed by atoms with Gasteiger partial charge in [-0.1, -0.05) is 67.7 Å². The maximum absolute atomic E-state index is 14.2. The van der Waals surface area contributed by atoms with Gasteiger partial charge in [-0.2, -0.15) is 0 Å². The second-order valence-electron chi connectivity index (χ2n) is 18.7. The normalized spacial score (nSPS) is 17.0. The molecule has 0 saturated carbocycles. The summed E-state index contributed by atoms with van der Waals surface area (Å²) in [4.78, 5) is 140. The second-order valence-corrected chi connectivity index (χ2v) is 18.7. The molecule has 25 heteroatoms. The summed E-state index contributed by atoms with van der Waals surface area (Å²) in [6.45, 7) is 14.8. The van der Waals surface area contributed by atoms with Gasteiger partial charge in [-0.15, -0.1) is 0 Å². The number of hydrogen-bond acceptors (Lipinski definition) is 13. The van der Waals surface area contributed by atoms with Crippen LogP contribution in [0, 0.1) is 17.8 Å². The van der Waals surface area contributed by atoms with Crippen molar-refractivity contribution in [3.05, 3.63) is 0 Å². The van der Waals surface area contributed by atoms with Gasteiger partial charge in [-0.05, 0) is 56.8 Å². The van der Waals surface area contributed by atoms with Crippen molar-refractivity contribution in [3.63, 3.8) is 0 Å². The number of aliphatic imine (C=N–C) groups is 1. The monoisotopic (exact) mass is 1020 g/mol. The Hall–Kier alpha value is -6.11. The van der Waals surface area contributed by atoms with E-state index in [1.54, 1.807) is 41.5 Å². The van der Waals surface area contributed by atoms with E-state index < -0.39 is 120 Å². The number of ether oxygens (including phenoxy) is 1. The van der Waals surface area contributed by atoms with Crippen LogP contribution in [0.3, 0.4) is 0 Å². The zero-order valence-corrected chi connectivity index (χ0v) is 44.2. The molecule has 1 aliphatic heterocycles. The van der Waals surface area contributed by atoms with E-state index in [0.29, 0.717) is 32.1 Å². The maximum atomic E-state index is 14.2. The number of nitrogens with zero attached hydrogens (tertiary/aromatic N) is 3. The van der Waals surface area contributed by atoms with Crippen LogP contribution in [0.2, 0.25) is 0 Å². The molecule has 1 heterocycles. The van der Waals surface area contributed by atoms with Crippen molar-refractivity contribution in [2.24, 2.45) is 34.2 Å². The average Bonchev–Trinajstić information content (AvgIpc) is 3.82.